The normalized spacial score (nSPS) is 16.4. The van der Waals surface area contributed by atoms with Crippen LogP contribution in [0.1, 0.15) is 50.8 Å². The van der Waals surface area contributed by atoms with Crippen LogP contribution >= 0.6 is 22.9 Å². The third kappa shape index (κ3) is 7.97. The van der Waals surface area contributed by atoms with E-state index in [9.17, 15) is 9.59 Å². The Morgan fingerprint density at radius 3 is 2.38 bits per heavy atom. The Kier molecular flexibility index (Phi) is 11.5. The highest BCUT2D eigenvalue weighted by Gasteiger charge is 2.35. The van der Waals surface area contributed by atoms with Gasteiger partial charge in [0.05, 0.1) is 35.9 Å². The number of hydrogen-bond acceptors (Lipinski definition) is 9. The lowest BCUT2D eigenvalue weighted by molar-refractivity contribution is -0.108. The molecule has 3 atom stereocenters. The Bertz CT molecular complexity index is 1650. The van der Waals surface area contributed by atoms with Gasteiger partial charge in [0.15, 0.2) is 0 Å². The van der Waals surface area contributed by atoms with Gasteiger partial charge < -0.3 is 36.9 Å². The number of methoxy groups -OCH3 is 1. The van der Waals surface area contributed by atoms with E-state index < -0.39 is 6.17 Å². The van der Waals surface area contributed by atoms with E-state index in [2.05, 4.69) is 19.2 Å². The van der Waals surface area contributed by atoms with E-state index in [1.54, 1.807) is 42.7 Å². The van der Waals surface area contributed by atoms with Gasteiger partial charge in [-0.15, -0.1) is 11.3 Å². The lowest BCUT2D eigenvalue weighted by atomic mass is 9.99. The summed E-state index contributed by atoms with van der Waals surface area (Å²) in [6.07, 6.45) is 0.343. The van der Waals surface area contributed by atoms with Crippen molar-refractivity contribution in [1.29, 1.82) is 0 Å². The summed E-state index contributed by atoms with van der Waals surface area (Å²) >= 11 is 7.72. The van der Waals surface area contributed by atoms with Gasteiger partial charge in [0.25, 0.3) is 5.91 Å². The van der Waals surface area contributed by atoms with E-state index in [0.717, 1.165) is 39.3 Å². The molecule has 0 saturated carbocycles. The van der Waals surface area contributed by atoms with E-state index in [-0.39, 0.29) is 24.5 Å². The van der Waals surface area contributed by atoms with Crippen LogP contribution in [0.3, 0.4) is 0 Å². The summed E-state index contributed by atoms with van der Waals surface area (Å²) in [7, 11) is 1.64. The average molecular weight is 647 g/mol. The highest BCUT2D eigenvalue weighted by Crippen LogP contribution is 2.41. The fraction of sp³-hybridized carbons (Fsp3) is 0.265. The van der Waals surface area contributed by atoms with Crippen molar-refractivity contribution in [3.8, 4) is 0 Å². The number of halogens is 1. The van der Waals surface area contributed by atoms with Crippen molar-refractivity contribution in [3.05, 3.63) is 111 Å². The highest BCUT2D eigenvalue weighted by atomic mass is 35.5. The van der Waals surface area contributed by atoms with Gasteiger partial charge in [0, 0.05) is 40.1 Å². The summed E-state index contributed by atoms with van der Waals surface area (Å²) in [6, 6.07) is 21.6. The van der Waals surface area contributed by atoms with Crippen molar-refractivity contribution in [3.63, 3.8) is 0 Å². The smallest absolute Gasteiger partial charge is 0.255 e. The number of thiophene rings is 1. The molecule has 0 fully saturated rings. The van der Waals surface area contributed by atoms with Crippen molar-refractivity contribution in [1.82, 2.24) is 0 Å². The van der Waals surface area contributed by atoms with E-state index in [1.165, 1.54) is 4.88 Å². The van der Waals surface area contributed by atoms with Crippen LogP contribution in [0.25, 0.3) is 0 Å². The van der Waals surface area contributed by atoms with Crippen molar-refractivity contribution in [2.45, 2.75) is 52.2 Å². The zero-order valence-electron chi connectivity index (χ0n) is 25.8. The molecule has 4 aromatic rings. The maximum atomic E-state index is 12.0. The van der Waals surface area contributed by atoms with E-state index in [1.807, 2.05) is 60.4 Å². The molecule has 5 rings (SSSR count). The van der Waals surface area contributed by atoms with E-state index in [0.29, 0.717) is 28.6 Å². The third-order valence-corrected chi connectivity index (χ3v) is 8.95. The molecule has 1 aliphatic heterocycles. The zero-order chi connectivity index (χ0) is 32.7. The Morgan fingerprint density at radius 2 is 1.78 bits per heavy atom. The van der Waals surface area contributed by atoms with Crippen LogP contribution in [0.4, 0.5) is 16.4 Å². The van der Waals surface area contributed by atoms with Crippen LogP contribution in [0.2, 0.25) is 5.02 Å². The number of nitrogens with one attached hydrogen (secondary N) is 1. The number of carbonyl (C=O) groups is 2. The molecule has 9 nitrogen and oxygen atoms in total. The second-order valence-electron chi connectivity index (χ2n) is 10.7. The van der Waals surface area contributed by atoms with Crippen molar-refractivity contribution in [2.75, 3.05) is 23.1 Å². The molecule has 0 aliphatic carbocycles. The summed E-state index contributed by atoms with van der Waals surface area (Å²) in [4.78, 5) is 31.4. The van der Waals surface area contributed by atoms with Crippen LogP contribution in [0.15, 0.2) is 77.8 Å². The summed E-state index contributed by atoms with van der Waals surface area (Å²) in [5.74, 6) is -0.179. The number of para-hydroxylation sites is 2. The number of nitrogen functional groups attached to an aromatic ring is 1. The number of ether oxygens (including phenoxy) is 1. The molecule has 1 aromatic heterocycles. The largest absolute Gasteiger partial charge is 0.397 e. The molecule has 3 aromatic carbocycles. The van der Waals surface area contributed by atoms with Gasteiger partial charge in [-0.3, -0.25) is 9.79 Å². The molecular formula is C34H39ClN6O3S. The molecular weight excluding hydrogens is 608 g/mol. The first-order valence-corrected chi connectivity index (χ1v) is 15.7. The van der Waals surface area contributed by atoms with Gasteiger partial charge >= 0.3 is 0 Å². The first kappa shape index (κ1) is 33.8. The minimum absolute atomic E-state index is 0.179. The molecule has 0 saturated heterocycles. The topological polar surface area (TPSA) is 149 Å². The second kappa shape index (κ2) is 15.3. The van der Waals surface area contributed by atoms with Crippen molar-refractivity contribution < 1.29 is 14.3 Å². The number of aliphatic imine (C=N–C) groups is 1. The predicted molar refractivity (Wildman–Crippen MR) is 185 cm³/mol. The fourth-order valence-corrected chi connectivity index (χ4v) is 6.41. The number of fused-ring (bicyclic) bond motifs is 1. The standard InChI is InChI=1S/C19H23ClN4OS.C15H16N2O2/c1-10-11(2)26-19-16(10)17(13-4-6-14(20)7-5-13)23-15(8-9-25)18(22)24(19)12(3)21;1-19-10-11-6-8-12(9-7-11)15(18)17-14-5-3-2-4-13(14)16/h4-7,9,12,15,18H,8,21-22H2,1-3H3;2-9H,10,16H2,1H3,(H,17,18). The maximum Gasteiger partial charge on any atom is 0.255 e. The average Bonchev–Trinajstić information content (AvgIpc) is 3.23. The van der Waals surface area contributed by atoms with Gasteiger partial charge in [0.2, 0.25) is 0 Å². The quantitative estimate of drug-likeness (QED) is 0.138. The number of rotatable bonds is 8. The van der Waals surface area contributed by atoms with Crippen LogP contribution in [-0.4, -0.2) is 43.4 Å². The molecule has 236 valence electrons. The first-order chi connectivity index (χ1) is 21.5. The lowest BCUT2D eigenvalue weighted by Crippen LogP contribution is -2.55. The minimum atomic E-state index is -0.471. The zero-order valence-corrected chi connectivity index (χ0v) is 27.4. The molecule has 3 unspecified atom stereocenters. The Morgan fingerprint density at radius 1 is 1.11 bits per heavy atom. The highest BCUT2D eigenvalue weighted by molar-refractivity contribution is 7.16. The molecule has 1 aliphatic rings. The van der Waals surface area contributed by atoms with Gasteiger partial charge in [-0.2, -0.15) is 0 Å². The number of aryl methyl sites for hydroxylation is 1. The monoisotopic (exact) mass is 646 g/mol. The Hall–Kier alpha value is -4.06. The van der Waals surface area contributed by atoms with Gasteiger partial charge in [-0.05, 0) is 68.3 Å². The molecule has 0 spiro atoms. The predicted octanol–water partition coefficient (Wildman–Crippen LogP) is 5.89. The molecule has 1 amide bonds. The van der Waals surface area contributed by atoms with Crippen LogP contribution < -0.4 is 27.4 Å². The lowest BCUT2D eigenvalue weighted by Gasteiger charge is -2.34. The number of benzene rings is 3. The number of hydrogen-bond donors (Lipinski definition) is 4. The number of amides is 1. The van der Waals surface area contributed by atoms with E-state index in [4.69, 9.17) is 38.5 Å². The van der Waals surface area contributed by atoms with Crippen LogP contribution in [0, 0.1) is 13.8 Å². The first-order valence-electron chi connectivity index (χ1n) is 14.5. The van der Waals surface area contributed by atoms with Crippen molar-refractivity contribution in [2.24, 2.45) is 16.5 Å². The molecule has 11 heteroatoms. The Labute approximate surface area is 273 Å². The van der Waals surface area contributed by atoms with E-state index >= 15 is 0 Å². The van der Waals surface area contributed by atoms with Crippen molar-refractivity contribution >= 4 is 57.2 Å². The molecule has 7 N–H and O–H groups in total. The molecule has 45 heavy (non-hydrogen) atoms. The van der Waals surface area contributed by atoms with Gasteiger partial charge in [-0.25, -0.2) is 0 Å². The molecule has 2 heterocycles. The number of aldehydes is 1. The maximum absolute atomic E-state index is 12.0. The van der Waals surface area contributed by atoms with Crippen LogP contribution in [0.5, 0.6) is 0 Å². The SMILES string of the molecule is COCc1ccc(C(=O)Nc2ccccc2N)cc1.Cc1sc2c(c1C)C(c1ccc(Cl)cc1)=NC(CC=O)C(N)N2C(C)N. The fourth-order valence-electron chi connectivity index (χ4n) is 5.00. The number of nitrogens with two attached hydrogens (primary N) is 3. The summed E-state index contributed by atoms with van der Waals surface area (Å²) in [5.41, 5.74) is 25.3. The second-order valence-corrected chi connectivity index (χ2v) is 12.4. The number of nitrogens with zero attached hydrogens (tertiary/aromatic N) is 2. The third-order valence-electron chi connectivity index (χ3n) is 7.48. The number of carbonyl (C=O) groups excluding carboxylic acids is 2. The minimum Gasteiger partial charge on any atom is -0.397 e. The summed E-state index contributed by atoms with van der Waals surface area (Å²) in [5, 5.41) is 4.45. The van der Waals surface area contributed by atoms with Gasteiger partial charge in [-0.1, -0.05) is 48.0 Å². The van der Waals surface area contributed by atoms with Gasteiger partial charge in [0.1, 0.15) is 17.5 Å². The van der Waals surface area contributed by atoms with Crippen LogP contribution in [-0.2, 0) is 16.1 Å². The Balaban J connectivity index is 0.000000215. The molecule has 0 radical (unpaired) electrons. The summed E-state index contributed by atoms with van der Waals surface area (Å²) in [6.45, 7) is 6.61. The number of anilines is 3. The summed E-state index contributed by atoms with van der Waals surface area (Å²) < 4.78 is 5.02. The molecule has 0 bridgehead atoms.